The molecule has 0 aromatic heterocycles. The number of esters is 3. The Kier molecular flexibility index (Phi) is 45.7. The van der Waals surface area contributed by atoms with Gasteiger partial charge in [0.2, 0.25) is 0 Å². The van der Waals surface area contributed by atoms with Crippen LogP contribution in [-0.2, 0) is 28.6 Å². The van der Waals surface area contributed by atoms with Crippen molar-refractivity contribution in [2.24, 2.45) is 11.8 Å². The molecule has 356 valence electrons. The molecule has 6 heteroatoms. The van der Waals surface area contributed by atoms with Gasteiger partial charge < -0.3 is 14.2 Å². The molecule has 60 heavy (non-hydrogen) atoms. The third-order valence-electron chi connectivity index (χ3n) is 12.2. The average molecular weight is 849 g/mol. The van der Waals surface area contributed by atoms with E-state index in [1.165, 1.54) is 186 Å². The maximum atomic E-state index is 12.8. The number of hydrogen-bond donors (Lipinski definition) is 0. The molecular formula is C54H104O6. The van der Waals surface area contributed by atoms with Crippen LogP contribution in [0.5, 0.6) is 0 Å². The zero-order chi connectivity index (χ0) is 44.0. The molecule has 0 fully saturated rings. The zero-order valence-corrected chi connectivity index (χ0v) is 41.1. The number of rotatable bonds is 48. The largest absolute Gasteiger partial charge is 0.462 e. The Morgan fingerprint density at radius 1 is 0.317 bits per heavy atom. The Labute approximate surface area is 374 Å². The molecule has 0 heterocycles. The topological polar surface area (TPSA) is 78.9 Å². The maximum absolute atomic E-state index is 12.8. The third-order valence-corrected chi connectivity index (χ3v) is 12.2. The number of carbonyl (C=O) groups excluding carboxylic acids is 3. The van der Waals surface area contributed by atoms with E-state index >= 15 is 0 Å². The van der Waals surface area contributed by atoms with Crippen molar-refractivity contribution in [2.45, 2.75) is 304 Å². The molecular weight excluding hydrogens is 745 g/mol. The summed E-state index contributed by atoms with van der Waals surface area (Å²) < 4.78 is 16.8. The highest BCUT2D eigenvalue weighted by Gasteiger charge is 2.19. The molecule has 0 aromatic carbocycles. The quantitative estimate of drug-likeness (QED) is 0.0345. The fourth-order valence-electron chi connectivity index (χ4n) is 8.17. The standard InChI is InChI=1S/C54H104O6/c1-6-7-8-9-10-11-12-13-14-15-19-24-29-34-39-44-52(55)58-47-51(48-59-53(56)45-40-35-30-26-21-23-28-33-38-43-50(4)5)60-54(57)46-41-36-31-25-20-17-16-18-22-27-32-37-42-49(2)3/h49-51H,6-48H2,1-5H3/t51-/m1/s1. The van der Waals surface area contributed by atoms with Crippen LogP contribution in [0.25, 0.3) is 0 Å². The summed E-state index contributed by atoms with van der Waals surface area (Å²) in [7, 11) is 0. The van der Waals surface area contributed by atoms with Gasteiger partial charge >= 0.3 is 17.9 Å². The molecule has 0 aromatic rings. The first kappa shape index (κ1) is 58.4. The lowest BCUT2D eigenvalue weighted by molar-refractivity contribution is -0.167. The van der Waals surface area contributed by atoms with E-state index in [9.17, 15) is 14.4 Å². The molecule has 0 aliphatic rings. The molecule has 0 amide bonds. The van der Waals surface area contributed by atoms with Gasteiger partial charge in [-0.1, -0.05) is 259 Å². The highest BCUT2D eigenvalue weighted by Crippen LogP contribution is 2.17. The summed E-state index contributed by atoms with van der Waals surface area (Å²) in [5.41, 5.74) is 0. The lowest BCUT2D eigenvalue weighted by Gasteiger charge is -2.18. The van der Waals surface area contributed by atoms with Gasteiger partial charge in [0.15, 0.2) is 6.10 Å². The highest BCUT2D eigenvalue weighted by atomic mass is 16.6. The molecule has 0 saturated carbocycles. The lowest BCUT2D eigenvalue weighted by Crippen LogP contribution is -2.30. The Morgan fingerprint density at radius 2 is 0.550 bits per heavy atom. The number of ether oxygens (including phenoxy) is 3. The molecule has 0 bridgehead atoms. The Morgan fingerprint density at radius 3 is 0.817 bits per heavy atom. The van der Waals surface area contributed by atoms with Gasteiger partial charge in [-0.2, -0.15) is 0 Å². The lowest BCUT2D eigenvalue weighted by atomic mass is 10.0. The van der Waals surface area contributed by atoms with E-state index in [2.05, 4.69) is 34.6 Å². The normalized spacial score (nSPS) is 12.1. The van der Waals surface area contributed by atoms with E-state index in [1.54, 1.807) is 0 Å². The molecule has 0 rings (SSSR count). The van der Waals surface area contributed by atoms with Crippen molar-refractivity contribution in [1.82, 2.24) is 0 Å². The summed E-state index contributed by atoms with van der Waals surface area (Å²) in [4.78, 5) is 38.0. The van der Waals surface area contributed by atoms with Crippen molar-refractivity contribution < 1.29 is 28.6 Å². The monoisotopic (exact) mass is 849 g/mol. The van der Waals surface area contributed by atoms with Crippen molar-refractivity contribution in [2.75, 3.05) is 13.2 Å². The average Bonchev–Trinajstić information content (AvgIpc) is 3.22. The molecule has 0 aliphatic carbocycles. The van der Waals surface area contributed by atoms with Gasteiger partial charge in [-0.25, -0.2) is 0 Å². The second-order valence-electron chi connectivity index (χ2n) is 19.5. The van der Waals surface area contributed by atoms with E-state index in [0.717, 1.165) is 69.6 Å². The van der Waals surface area contributed by atoms with E-state index in [-0.39, 0.29) is 31.1 Å². The smallest absolute Gasteiger partial charge is 0.306 e. The van der Waals surface area contributed by atoms with Crippen LogP contribution >= 0.6 is 0 Å². The van der Waals surface area contributed by atoms with Crippen LogP contribution in [0.15, 0.2) is 0 Å². The molecule has 1 atom stereocenters. The fourth-order valence-corrected chi connectivity index (χ4v) is 8.17. The molecule has 0 aliphatic heterocycles. The van der Waals surface area contributed by atoms with Gasteiger partial charge in [0.25, 0.3) is 0 Å². The molecule has 6 nitrogen and oxygen atoms in total. The third kappa shape index (κ3) is 47.5. The first-order valence-electron chi connectivity index (χ1n) is 26.7. The van der Waals surface area contributed by atoms with E-state index in [0.29, 0.717) is 19.3 Å². The van der Waals surface area contributed by atoms with Crippen LogP contribution in [0.1, 0.15) is 298 Å². The molecule has 0 N–H and O–H groups in total. The summed E-state index contributed by atoms with van der Waals surface area (Å²) in [6, 6.07) is 0. The summed E-state index contributed by atoms with van der Waals surface area (Å²) >= 11 is 0. The van der Waals surface area contributed by atoms with E-state index < -0.39 is 6.10 Å². The Balaban J connectivity index is 4.31. The van der Waals surface area contributed by atoms with Gasteiger partial charge in [-0.3, -0.25) is 14.4 Å². The van der Waals surface area contributed by atoms with Crippen LogP contribution < -0.4 is 0 Å². The van der Waals surface area contributed by atoms with Crippen LogP contribution in [0.2, 0.25) is 0 Å². The van der Waals surface area contributed by atoms with Crippen molar-refractivity contribution in [3.63, 3.8) is 0 Å². The SMILES string of the molecule is CCCCCCCCCCCCCCCCCC(=O)OC[C@H](COC(=O)CCCCCCCCCCCC(C)C)OC(=O)CCCCCCCCCCCCCCC(C)C. The van der Waals surface area contributed by atoms with Crippen molar-refractivity contribution in [3.05, 3.63) is 0 Å². The maximum Gasteiger partial charge on any atom is 0.306 e. The molecule has 0 unspecified atom stereocenters. The second-order valence-corrected chi connectivity index (χ2v) is 19.5. The van der Waals surface area contributed by atoms with Gasteiger partial charge in [0, 0.05) is 19.3 Å². The van der Waals surface area contributed by atoms with Crippen LogP contribution in [0.4, 0.5) is 0 Å². The highest BCUT2D eigenvalue weighted by molar-refractivity contribution is 5.71. The summed E-state index contributed by atoms with van der Waals surface area (Å²) in [6.45, 7) is 11.4. The van der Waals surface area contributed by atoms with Gasteiger partial charge in [-0.15, -0.1) is 0 Å². The van der Waals surface area contributed by atoms with Gasteiger partial charge in [0.1, 0.15) is 13.2 Å². The fraction of sp³-hybridized carbons (Fsp3) is 0.944. The minimum absolute atomic E-state index is 0.0635. The molecule has 0 saturated heterocycles. The minimum Gasteiger partial charge on any atom is -0.462 e. The minimum atomic E-state index is -0.762. The van der Waals surface area contributed by atoms with E-state index in [1.807, 2.05) is 0 Å². The predicted molar refractivity (Wildman–Crippen MR) is 256 cm³/mol. The van der Waals surface area contributed by atoms with Crippen LogP contribution in [-0.4, -0.2) is 37.2 Å². The second kappa shape index (κ2) is 46.9. The molecule has 0 spiro atoms. The van der Waals surface area contributed by atoms with Gasteiger partial charge in [0.05, 0.1) is 0 Å². The Bertz CT molecular complexity index is 916. The van der Waals surface area contributed by atoms with E-state index in [4.69, 9.17) is 14.2 Å². The van der Waals surface area contributed by atoms with Crippen molar-refractivity contribution in [1.29, 1.82) is 0 Å². The first-order chi connectivity index (χ1) is 29.2. The number of hydrogen-bond acceptors (Lipinski definition) is 6. The van der Waals surface area contributed by atoms with Crippen molar-refractivity contribution in [3.8, 4) is 0 Å². The van der Waals surface area contributed by atoms with Crippen LogP contribution in [0.3, 0.4) is 0 Å². The number of carbonyl (C=O) groups is 3. The number of unbranched alkanes of at least 4 members (excludes halogenated alkanes) is 33. The molecule has 0 radical (unpaired) electrons. The summed E-state index contributed by atoms with van der Waals surface area (Å²) in [6.07, 6.45) is 48.0. The van der Waals surface area contributed by atoms with Gasteiger partial charge in [-0.05, 0) is 31.1 Å². The first-order valence-corrected chi connectivity index (χ1v) is 26.7. The summed E-state index contributed by atoms with van der Waals surface area (Å²) in [5, 5.41) is 0. The van der Waals surface area contributed by atoms with Crippen LogP contribution in [0, 0.1) is 11.8 Å². The van der Waals surface area contributed by atoms with Crippen molar-refractivity contribution >= 4 is 17.9 Å². The zero-order valence-electron chi connectivity index (χ0n) is 41.1. The summed E-state index contributed by atoms with van der Waals surface area (Å²) in [5.74, 6) is 0.794. The Hall–Kier alpha value is -1.59. The predicted octanol–water partition coefficient (Wildman–Crippen LogP) is 17.3.